The van der Waals surface area contributed by atoms with Crippen molar-refractivity contribution in [2.45, 2.75) is 69.6 Å². The zero-order valence-electron chi connectivity index (χ0n) is 21.4. The van der Waals surface area contributed by atoms with Gasteiger partial charge in [-0.15, -0.1) is 0 Å². The average Bonchev–Trinajstić information content (AvgIpc) is 3.47. The molecule has 0 bridgehead atoms. The quantitative estimate of drug-likeness (QED) is 0.436. The number of likely N-dealkylation sites (tertiary alicyclic amines) is 1. The zero-order chi connectivity index (χ0) is 24.9. The molecule has 4 aliphatic rings. The molecule has 4 fully saturated rings. The van der Waals surface area contributed by atoms with Crippen molar-refractivity contribution in [2.24, 2.45) is 23.2 Å². The van der Waals surface area contributed by atoms with Gasteiger partial charge in [-0.2, -0.15) is 0 Å². The van der Waals surface area contributed by atoms with Gasteiger partial charge in [-0.05, 0) is 74.0 Å². The van der Waals surface area contributed by atoms with E-state index in [1.165, 1.54) is 18.4 Å². The van der Waals surface area contributed by atoms with Gasteiger partial charge in [-0.3, -0.25) is 9.69 Å². The van der Waals surface area contributed by atoms with Gasteiger partial charge in [0.05, 0.1) is 5.92 Å². The van der Waals surface area contributed by atoms with E-state index in [0.29, 0.717) is 12.5 Å². The van der Waals surface area contributed by atoms with Gasteiger partial charge in [-0.1, -0.05) is 79.7 Å². The Hall–Kier alpha value is -2.43. The second kappa shape index (κ2) is 9.15. The van der Waals surface area contributed by atoms with E-state index in [9.17, 15) is 9.90 Å². The second-order valence-electron chi connectivity index (χ2n) is 12.1. The van der Waals surface area contributed by atoms with Gasteiger partial charge < -0.3 is 9.84 Å². The molecule has 0 radical (unpaired) electrons. The number of nitrogens with zero attached hydrogens (tertiary/aromatic N) is 1. The van der Waals surface area contributed by atoms with Crippen LogP contribution in [0.3, 0.4) is 0 Å². The number of ether oxygens (including phenoxy) is 1. The van der Waals surface area contributed by atoms with Gasteiger partial charge >= 0.3 is 5.97 Å². The molecule has 4 nitrogen and oxygen atoms in total. The van der Waals surface area contributed by atoms with E-state index >= 15 is 0 Å². The lowest BCUT2D eigenvalue weighted by atomic mass is 9.55. The zero-order valence-corrected chi connectivity index (χ0v) is 21.4. The van der Waals surface area contributed by atoms with Crippen molar-refractivity contribution >= 4 is 5.97 Å². The maximum absolute atomic E-state index is 13.3. The van der Waals surface area contributed by atoms with Gasteiger partial charge in [0, 0.05) is 18.5 Å². The van der Waals surface area contributed by atoms with E-state index in [4.69, 9.17) is 4.74 Å². The van der Waals surface area contributed by atoms with Crippen LogP contribution in [0.25, 0.3) is 0 Å². The summed E-state index contributed by atoms with van der Waals surface area (Å²) in [5.74, 6) is 0.565. The fourth-order valence-corrected chi connectivity index (χ4v) is 8.17. The van der Waals surface area contributed by atoms with Crippen molar-refractivity contribution in [3.63, 3.8) is 0 Å². The minimum Gasteiger partial charge on any atom is -0.462 e. The van der Waals surface area contributed by atoms with Crippen molar-refractivity contribution in [1.29, 1.82) is 0 Å². The normalized spacial score (nSPS) is 34.8. The molecule has 2 heterocycles. The van der Waals surface area contributed by atoms with Crippen LogP contribution in [0.2, 0.25) is 0 Å². The van der Waals surface area contributed by atoms with Crippen molar-refractivity contribution in [1.82, 2.24) is 4.90 Å². The Morgan fingerprint density at radius 2 is 1.75 bits per heavy atom. The highest BCUT2D eigenvalue weighted by atomic mass is 16.6. The number of fused-ring (bicyclic) bond motifs is 2. The van der Waals surface area contributed by atoms with Crippen LogP contribution in [0, 0.1) is 23.2 Å². The fraction of sp³-hybridized carbons (Fsp3) is 0.531. The molecule has 0 unspecified atom stereocenters. The maximum atomic E-state index is 13.3. The molecule has 36 heavy (non-hydrogen) atoms. The number of benzene rings is 2. The van der Waals surface area contributed by atoms with Crippen LogP contribution in [-0.2, 0) is 15.1 Å². The number of rotatable bonds is 5. The maximum Gasteiger partial charge on any atom is 0.310 e. The number of hydrogen-bond donors (Lipinski definition) is 1. The van der Waals surface area contributed by atoms with Crippen molar-refractivity contribution in [3.05, 3.63) is 83.9 Å². The molecule has 2 aromatic rings. The first-order valence-corrected chi connectivity index (χ1v) is 13.9. The standard InChI is InChI=1S/C32H39NO3/c1-22-11-9-17-31(2)20-28-25(19-27(22)31)26(30(34)36-28)21-33-18-10-16-29(33)32(35,23-12-5-3-6-13-23)24-14-7-4-8-15-24/h3-8,12-15,25-29,35H,1,9-11,16-21H2,2H3/t25-,26-,27+,28-,29-,31-/m1/s1. The average molecular weight is 486 g/mol. The van der Waals surface area contributed by atoms with Crippen LogP contribution in [0.1, 0.15) is 63.0 Å². The highest BCUT2D eigenvalue weighted by Crippen LogP contribution is 2.57. The Morgan fingerprint density at radius 1 is 1.08 bits per heavy atom. The predicted molar refractivity (Wildman–Crippen MR) is 141 cm³/mol. The van der Waals surface area contributed by atoms with E-state index in [-0.39, 0.29) is 35.4 Å². The van der Waals surface area contributed by atoms with Gasteiger partial charge in [0.1, 0.15) is 11.7 Å². The molecule has 2 aromatic carbocycles. The molecule has 0 amide bonds. The molecular weight excluding hydrogens is 446 g/mol. The lowest BCUT2D eigenvalue weighted by molar-refractivity contribution is -0.146. The lowest BCUT2D eigenvalue weighted by Gasteiger charge is -2.50. The third-order valence-corrected chi connectivity index (χ3v) is 10.0. The summed E-state index contributed by atoms with van der Waals surface area (Å²) < 4.78 is 6.07. The third kappa shape index (κ3) is 3.85. The fourth-order valence-electron chi connectivity index (χ4n) is 8.17. The molecular formula is C32H39NO3. The monoisotopic (exact) mass is 485 g/mol. The number of carbonyl (C=O) groups excluding carboxylic acids is 1. The van der Waals surface area contributed by atoms with E-state index < -0.39 is 5.60 Å². The largest absolute Gasteiger partial charge is 0.462 e. The highest BCUT2D eigenvalue weighted by molar-refractivity contribution is 5.75. The summed E-state index contributed by atoms with van der Waals surface area (Å²) in [6, 6.07) is 20.0. The number of esters is 1. The smallest absolute Gasteiger partial charge is 0.310 e. The van der Waals surface area contributed by atoms with Crippen LogP contribution < -0.4 is 0 Å². The molecule has 2 saturated heterocycles. The minimum atomic E-state index is -1.14. The molecule has 6 rings (SSSR count). The van der Waals surface area contributed by atoms with Crippen molar-refractivity contribution in [2.75, 3.05) is 13.1 Å². The summed E-state index contributed by atoms with van der Waals surface area (Å²) in [7, 11) is 0. The number of allylic oxidation sites excluding steroid dienone is 1. The van der Waals surface area contributed by atoms with Gasteiger partial charge in [-0.25, -0.2) is 0 Å². The molecule has 0 spiro atoms. The molecule has 0 aromatic heterocycles. The number of carbonyl (C=O) groups is 1. The SMILES string of the molecule is C=C1CCC[C@]2(C)C[C@H]3OC(=O)[C@H](CN4CCC[C@@H]4C(O)(c4ccccc4)c4ccccc4)[C@H]3C[C@@H]12. The van der Waals surface area contributed by atoms with Crippen LogP contribution >= 0.6 is 0 Å². The summed E-state index contributed by atoms with van der Waals surface area (Å²) in [6.07, 6.45) is 7.44. The molecule has 2 saturated carbocycles. The van der Waals surface area contributed by atoms with E-state index in [0.717, 1.165) is 49.8 Å². The molecule has 2 aliphatic carbocycles. The second-order valence-corrected chi connectivity index (χ2v) is 12.1. The van der Waals surface area contributed by atoms with E-state index in [1.54, 1.807) is 0 Å². The predicted octanol–water partition coefficient (Wildman–Crippen LogP) is 5.70. The summed E-state index contributed by atoms with van der Waals surface area (Å²) in [4.78, 5) is 15.7. The first-order valence-electron chi connectivity index (χ1n) is 13.9. The number of aliphatic hydroxyl groups is 1. The Kier molecular flexibility index (Phi) is 6.08. The van der Waals surface area contributed by atoms with Gasteiger partial charge in [0.2, 0.25) is 0 Å². The van der Waals surface area contributed by atoms with E-state index in [1.807, 2.05) is 60.7 Å². The topological polar surface area (TPSA) is 49.8 Å². The molecule has 1 N–H and O–H groups in total. The van der Waals surface area contributed by atoms with E-state index in [2.05, 4.69) is 18.4 Å². The minimum absolute atomic E-state index is 0.0258. The lowest BCUT2D eigenvalue weighted by Crippen LogP contribution is -2.51. The Morgan fingerprint density at radius 3 is 2.42 bits per heavy atom. The van der Waals surface area contributed by atoms with Crippen LogP contribution in [0.15, 0.2) is 72.8 Å². The number of hydrogen-bond acceptors (Lipinski definition) is 4. The molecule has 4 heteroatoms. The van der Waals surface area contributed by atoms with Crippen LogP contribution in [0.5, 0.6) is 0 Å². The van der Waals surface area contributed by atoms with Gasteiger partial charge in [0.25, 0.3) is 0 Å². The molecule has 2 aliphatic heterocycles. The first-order chi connectivity index (χ1) is 17.4. The summed E-state index contributed by atoms with van der Waals surface area (Å²) >= 11 is 0. The molecule has 6 atom stereocenters. The Bertz CT molecular complexity index is 1080. The summed E-state index contributed by atoms with van der Waals surface area (Å²) in [5, 5.41) is 12.4. The summed E-state index contributed by atoms with van der Waals surface area (Å²) in [5.41, 5.74) is 2.27. The van der Waals surface area contributed by atoms with Gasteiger partial charge in [0.15, 0.2) is 0 Å². The molecule has 190 valence electrons. The van der Waals surface area contributed by atoms with Crippen molar-refractivity contribution in [3.8, 4) is 0 Å². The highest BCUT2D eigenvalue weighted by Gasteiger charge is 2.56. The van der Waals surface area contributed by atoms with Crippen LogP contribution in [0.4, 0.5) is 0 Å². The third-order valence-electron chi connectivity index (χ3n) is 10.0. The Labute approximate surface area is 215 Å². The van der Waals surface area contributed by atoms with Crippen molar-refractivity contribution < 1.29 is 14.6 Å². The van der Waals surface area contributed by atoms with Crippen LogP contribution in [-0.4, -0.2) is 41.2 Å². The Balaban J connectivity index is 1.29. The summed E-state index contributed by atoms with van der Waals surface area (Å²) in [6.45, 7) is 8.38. The first kappa shape index (κ1) is 23.9.